The van der Waals surface area contributed by atoms with Crippen LogP contribution in [0.1, 0.15) is 18.0 Å². The van der Waals surface area contributed by atoms with Gasteiger partial charge in [-0.2, -0.15) is 8.78 Å². The molecule has 0 saturated heterocycles. The predicted octanol–water partition coefficient (Wildman–Crippen LogP) is 3.07. The molecule has 0 radical (unpaired) electrons. The number of rotatable bonds is 5. The molecule has 1 atom stereocenters. The zero-order chi connectivity index (χ0) is 11.3. The molecule has 0 heterocycles. The molecule has 1 aromatic rings. The Morgan fingerprint density at radius 3 is 2.56 bits per heavy atom. The zero-order valence-corrected chi connectivity index (χ0v) is 9.22. The highest BCUT2D eigenvalue weighted by atomic mass is 35.5. The molecule has 1 rings (SSSR count). The highest BCUT2D eigenvalue weighted by Gasteiger charge is 2.09. The van der Waals surface area contributed by atoms with Gasteiger partial charge in [0.15, 0.2) is 0 Å². The fourth-order valence-corrected chi connectivity index (χ4v) is 1.21. The van der Waals surface area contributed by atoms with Gasteiger partial charge in [0.1, 0.15) is 5.75 Å². The van der Waals surface area contributed by atoms with Crippen LogP contribution in [0.25, 0.3) is 0 Å². The van der Waals surface area contributed by atoms with Crippen LogP contribution in [0.15, 0.2) is 24.3 Å². The van der Waals surface area contributed by atoms with E-state index in [4.69, 9.17) is 5.73 Å². The molecule has 6 heteroatoms. The van der Waals surface area contributed by atoms with Crippen molar-refractivity contribution < 1.29 is 17.9 Å². The second kappa shape index (κ2) is 7.35. The summed E-state index contributed by atoms with van der Waals surface area (Å²) in [6, 6.07) is 5.50. The Kier molecular flexibility index (Phi) is 6.92. The van der Waals surface area contributed by atoms with E-state index >= 15 is 0 Å². The van der Waals surface area contributed by atoms with Gasteiger partial charge in [-0.15, -0.1) is 12.4 Å². The van der Waals surface area contributed by atoms with Gasteiger partial charge in [-0.25, -0.2) is 0 Å². The van der Waals surface area contributed by atoms with E-state index in [1.807, 2.05) is 0 Å². The Labute approximate surface area is 98.0 Å². The van der Waals surface area contributed by atoms with Crippen LogP contribution in [-0.2, 0) is 0 Å². The van der Waals surface area contributed by atoms with E-state index in [1.165, 1.54) is 12.1 Å². The number of nitrogens with two attached hydrogens (primary N) is 1. The topological polar surface area (TPSA) is 35.2 Å². The summed E-state index contributed by atoms with van der Waals surface area (Å²) in [7, 11) is 0. The molecule has 0 spiro atoms. The first-order valence-electron chi connectivity index (χ1n) is 4.50. The molecular formula is C10H13ClF3NO. The summed E-state index contributed by atoms with van der Waals surface area (Å²) < 4.78 is 40.0. The van der Waals surface area contributed by atoms with Crippen molar-refractivity contribution in [2.75, 3.05) is 6.67 Å². The monoisotopic (exact) mass is 255 g/mol. The van der Waals surface area contributed by atoms with Gasteiger partial charge in [0.2, 0.25) is 0 Å². The highest BCUT2D eigenvalue weighted by molar-refractivity contribution is 5.85. The van der Waals surface area contributed by atoms with Crippen LogP contribution < -0.4 is 10.5 Å². The van der Waals surface area contributed by atoms with Crippen LogP contribution >= 0.6 is 12.4 Å². The molecule has 0 aromatic heterocycles. The molecule has 0 aliphatic carbocycles. The Morgan fingerprint density at radius 2 is 2.00 bits per heavy atom. The Morgan fingerprint density at radius 1 is 1.31 bits per heavy atom. The summed E-state index contributed by atoms with van der Waals surface area (Å²) in [5.74, 6) is 0.0387. The Balaban J connectivity index is 0.00000225. The smallest absolute Gasteiger partial charge is 0.387 e. The minimum atomic E-state index is -2.86. The van der Waals surface area contributed by atoms with E-state index in [-0.39, 0.29) is 24.6 Å². The van der Waals surface area contributed by atoms with Crippen LogP contribution in [0.2, 0.25) is 0 Å². The molecule has 0 bridgehead atoms. The molecule has 16 heavy (non-hydrogen) atoms. The second-order valence-electron chi connectivity index (χ2n) is 3.04. The normalized spacial score (nSPS) is 12.1. The van der Waals surface area contributed by atoms with Crippen molar-refractivity contribution in [1.29, 1.82) is 0 Å². The summed E-state index contributed by atoms with van der Waals surface area (Å²) in [6.45, 7) is -3.40. The number of hydrogen-bond donors (Lipinski definition) is 1. The summed E-state index contributed by atoms with van der Waals surface area (Å²) in [5, 5.41) is 0. The van der Waals surface area contributed by atoms with Crippen molar-refractivity contribution in [3.8, 4) is 5.75 Å². The largest absolute Gasteiger partial charge is 0.435 e. The van der Waals surface area contributed by atoms with Gasteiger partial charge in [-0.1, -0.05) is 12.1 Å². The minimum absolute atomic E-state index is 0. The predicted molar refractivity (Wildman–Crippen MR) is 57.8 cm³/mol. The molecule has 2 N–H and O–H groups in total. The van der Waals surface area contributed by atoms with Gasteiger partial charge in [0, 0.05) is 6.04 Å². The minimum Gasteiger partial charge on any atom is -0.435 e. The lowest BCUT2D eigenvalue weighted by atomic mass is 10.1. The van der Waals surface area contributed by atoms with E-state index in [1.54, 1.807) is 12.1 Å². The van der Waals surface area contributed by atoms with Crippen LogP contribution in [0.4, 0.5) is 13.2 Å². The van der Waals surface area contributed by atoms with Gasteiger partial charge in [-0.05, 0) is 24.1 Å². The van der Waals surface area contributed by atoms with Gasteiger partial charge in [0.25, 0.3) is 0 Å². The maximum absolute atomic E-state index is 12.0. The van der Waals surface area contributed by atoms with Gasteiger partial charge in [0.05, 0.1) is 6.67 Å². The molecule has 0 unspecified atom stereocenters. The van der Waals surface area contributed by atoms with Gasteiger partial charge >= 0.3 is 6.61 Å². The van der Waals surface area contributed by atoms with Crippen LogP contribution in [0, 0.1) is 0 Å². The maximum atomic E-state index is 12.0. The van der Waals surface area contributed by atoms with Crippen molar-refractivity contribution in [2.45, 2.75) is 19.1 Å². The number of hydrogen-bond acceptors (Lipinski definition) is 2. The fraction of sp³-hybridized carbons (Fsp3) is 0.400. The molecule has 92 valence electrons. The fourth-order valence-electron chi connectivity index (χ4n) is 1.21. The number of ether oxygens (including phenoxy) is 1. The maximum Gasteiger partial charge on any atom is 0.387 e. The molecule has 2 nitrogen and oxygen atoms in total. The zero-order valence-electron chi connectivity index (χ0n) is 8.41. The van der Waals surface area contributed by atoms with Gasteiger partial charge in [-0.3, -0.25) is 4.39 Å². The van der Waals surface area contributed by atoms with E-state index in [2.05, 4.69) is 4.74 Å². The van der Waals surface area contributed by atoms with Crippen molar-refractivity contribution in [1.82, 2.24) is 0 Å². The first-order valence-corrected chi connectivity index (χ1v) is 4.50. The van der Waals surface area contributed by atoms with Crippen molar-refractivity contribution >= 4 is 12.4 Å². The summed E-state index contributed by atoms with van der Waals surface area (Å²) in [4.78, 5) is 0. The SMILES string of the molecule is Cl.N[C@@H](CCF)c1cccc(OC(F)F)c1. The second-order valence-corrected chi connectivity index (χ2v) is 3.04. The Hall–Kier alpha value is -0.940. The van der Waals surface area contributed by atoms with Crippen LogP contribution in [-0.4, -0.2) is 13.3 Å². The van der Waals surface area contributed by atoms with Crippen molar-refractivity contribution in [3.05, 3.63) is 29.8 Å². The summed E-state index contributed by atoms with van der Waals surface area (Å²) in [6.07, 6.45) is 0.165. The van der Waals surface area contributed by atoms with E-state index in [9.17, 15) is 13.2 Å². The lowest BCUT2D eigenvalue weighted by molar-refractivity contribution is -0.0499. The first kappa shape index (κ1) is 15.1. The quantitative estimate of drug-likeness (QED) is 0.878. The molecular weight excluding hydrogens is 243 g/mol. The first-order chi connectivity index (χ1) is 7.13. The number of alkyl halides is 3. The molecule has 0 amide bonds. The molecule has 0 saturated carbocycles. The average molecular weight is 256 g/mol. The average Bonchev–Trinajstić information content (AvgIpc) is 2.17. The molecule has 1 aromatic carbocycles. The third-order valence-electron chi connectivity index (χ3n) is 1.93. The number of halogens is 4. The third kappa shape index (κ3) is 4.72. The highest BCUT2D eigenvalue weighted by Crippen LogP contribution is 2.21. The molecule has 0 aliphatic rings. The van der Waals surface area contributed by atoms with E-state index < -0.39 is 19.3 Å². The van der Waals surface area contributed by atoms with E-state index in [0.717, 1.165) is 0 Å². The summed E-state index contributed by atoms with van der Waals surface area (Å²) >= 11 is 0. The molecule has 0 fully saturated rings. The number of benzene rings is 1. The van der Waals surface area contributed by atoms with Gasteiger partial charge < -0.3 is 10.5 Å². The van der Waals surface area contributed by atoms with Crippen molar-refractivity contribution in [2.24, 2.45) is 5.73 Å². The van der Waals surface area contributed by atoms with E-state index in [0.29, 0.717) is 5.56 Å². The van der Waals surface area contributed by atoms with Crippen LogP contribution in [0.5, 0.6) is 5.75 Å². The lowest BCUT2D eigenvalue weighted by Gasteiger charge is -2.11. The summed E-state index contributed by atoms with van der Waals surface area (Å²) in [5.41, 5.74) is 6.21. The van der Waals surface area contributed by atoms with Crippen LogP contribution in [0.3, 0.4) is 0 Å². The molecule has 0 aliphatic heterocycles. The third-order valence-corrected chi connectivity index (χ3v) is 1.93. The lowest BCUT2D eigenvalue weighted by Crippen LogP contribution is -2.11. The van der Waals surface area contributed by atoms with Crippen molar-refractivity contribution in [3.63, 3.8) is 0 Å². The Bertz CT molecular complexity index is 312. The standard InChI is InChI=1S/C10H12F3NO.ClH/c11-5-4-9(14)7-2-1-3-8(6-7)15-10(12)13;/h1-3,6,9-10H,4-5,14H2;1H/t9-;/m0./s1.